The van der Waals surface area contributed by atoms with Crippen LogP contribution < -0.4 is 10.6 Å². The van der Waals surface area contributed by atoms with Crippen molar-refractivity contribution in [1.29, 1.82) is 0 Å². The molecule has 1 aromatic carbocycles. The molecule has 0 spiro atoms. The first-order valence-corrected chi connectivity index (χ1v) is 16.2. The van der Waals surface area contributed by atoms with Crippen molar-refractivity contribution < 1.29 is 40.8 Å². The van der Waals surface area contributed by atoms with Crippen molar-refractivity contribution in [2.75, 3.05) is 27.2 Å². The highest BCUT2D eigenvalue weighted by Gasteiger charge is 2.28. The Morgan fingerprint density at radius 3 is 1.94 bits per heavy atom. The summed E-state index contributed by atoms with van der Waals surface area (Å²) >= 11 is 0. The Labute approximate surface area is 298 Å². The highest BCUT2D eigenvalue weighted by Crippen LogP contribution is 2.33. The normalized spacial score (nSPS) is 13.8. The van der Waals surface area contributed by atoms with Gasteiger partial charge >= 0.3 is 0 Å². The predicted molar refractivity (Wildman–Crippen MR) is 179 cm³/mol. The van der Waals surface area contributed by atoms with Crippen molar-refractivity contribution in [2.45, 2.75) is 13.0 Å². The van der Waals surface area contributed by atoms with E-state index in [-0.39, 0.29) is 77.2 Å². The molecule has 14 bridgehead atoms. The number of likely N-dealkylation sites (N-methyl/N-ethyl adjacent to an activating group) is 1. The van der Waals surface area contributed by atoms with Gasteiger partial charge in [0.15, 0.2) is 34.2 Å². The van der Waals surface area contributed by atoms with Crippen LogP contribution in [0, 0.1) is 0 Å². The van der Waals surface area contributed by atoms with Gasteiger partial charge in [0, 0.05) is 13.0 Å². The standard InChI is InChI=1S/C35H27N9O9/c1-44(2)9-8-26-27-35-42-24(16-52-35)33-39-21(13-50-33)30-37-19(12-47-30)28(45)36-20(11-46-10-18-6-4-3-5-7-18)29-38-22(14-48-29)31-40-23(15-49-31)32-41-25(17-51-32)34(43-27)53-26/h3-7,12-17,38H,8-11H2,1-2H3,(H,36,45). The van der Waals surface area contributed by atoms with E-state index in [4.69, 9.17) is 36.0 Å². The first kappa shape index (κ1) is 31.9. The molecule has 1 amide bonds. The van der Waals surface area contributed by atoms with E-state index >= 15 is 0 Å². The molecule has 9 rings (SSSR count). The van der Waals surface area contributed by atoms with Crippen LogP contribution in [0.4, 0.5) is 0 Å². The molecular formula is C35H27N9O9. The van der Waals surface area contributed by atoms with Gasteiger partial charge in [-0.25, -0.2) is 29.9 Å². The third kappa shape index (κ3) is 6.39. The van der Waals surface area contributed by atoms with Gasteiger partial charge in [0.05, 0.1) is 13.2 Å². The molecule has 0 saturated carbocycles. The maximum atomic E-state index is 13.5. The molecule has 0 fully saturated rings. The van der Waals surface area contributed by atoms with Crippen molar-refractivity contribution in [1.82, 2.24) is 45.4 Å². The summed E-state index contributed by atoms with van der Waals surface area (Å²) < 4.78 is 46.6. The van der Waals surface area contributed by atoms with Crippen LogP contribution in [0.5, 0.6) is 0 Å². The van der Waals surface area contributed by atoms with Crippen LogP contribution >= 0.6 is 0 Å². The average Bonchev–Trinajstić information content (AvgIpc) is 4.00. The van der Waals surface area contributed by atoms with Gasteiger partial charge in [-0.2, -0.15) is 0 Å². The minimum Gasteiger partial charge on any atom is -0.444 e. The summed E-state index contributed by atoms with van der Waals surface area (Å²) in [6.45, 7) is 0.889. The molecule has 8 heterocycles. The second kappa shape index (κ2) is 13.2. The lowest BCUT2D eigenvalue weighted by Crippen LogP contribution is -2.29. The SMILES string of the molecule is CN(C)CCc1oc2nc1-c1nc(co1)-c1nc(co1)-c1nc(co1)C(=O)NC(COCc1ccccc1)=C1NC(=CO1)c1nc(co1)-c1nc-2co1. The number of ether oxygens (including phenoxy) is 2. The number of nitrogens with zero attached hydrogens (tertiary/aromatic N) is 7. The van der Waals surface area contributed by atoms with Gasteiger partial charge in [-0.05, 0) is 19.7 Å². The zero-order chi connectivity index (χ0) is 35.9. The summed E-state index contributed by atoms with van der Waals surface area (Å²) in [6.07, 6.45) is 8.60. The van der Waals surface area contributed by atoms with Crippen molar-refractivity contribution in [3.8, 4) is 57.9 Å². The average molecular weight is 718 g/mol. The number of hydrogen-bond acceptors (Lipinski definition) is 17. The summed E-state index contributed by atoms with van der Waals surface area (Å²) in [5, 5.41) is 5.90. The fourth-order valence-electron chi connectivity index (χ4n) is 5.33. The maximum absolute atomic E-state index is 13.5. The summed E-state index contributed by atoms with van der Waals surface area (Å²) in [4.78, 5) is 42.6. The van der Waals surface area contributed by atoms with E-state index in [2.05, 4.69) is 40.5 Å². The molecule has 0 radical (unpaired) electrons. The van der Waals surface area contributed by atoms with Crippen LogP contribution in [0.25, 0.3) is 63.6 Å². The molecule has 0 atom stereocenters. The Bertz CT molecular complexity index is 2500. The Balaban J connectivity index is 1.09. The number of fused-ring (bicyclic) bond motifs is 20. The van der Waals surface area contributed by atoms with Crippen LogP contribution in [0.3, 0.4) is 0 Å². The smallest absolute Gasteiger partial charge is 0.277 e. The molecule has 7 aromatic rings. The number of carbonyl (C=O) groups excluding carboxylic acids is 1. The number of amides is 1. The third-order valence-electron chi connectivity index (χ3n) is 7.99. The van der Waals surface area contributed by atoms with E-state index in [1.165, 1.54) is 37.6 Å². The van der Waals surface area contributed by atoms with Crippen molar-refractivity contribution >= 4 is 11.6 Å². The fraction of sp³-hybridized carbons (Fsp3) is 0.171. The lowest BCUT2D eigenvalue weighted by molar-refractivity contribution is 0.0928. The molecule has 6 aromatic heterocycles. The molecule has 2 aliphatic heterocycles. The Hall–Kier alpha value is -7.05. The zero-order valence-electron chi connectivity index (χ0n) is 28.0. The lowest BCUT2D eigenvalue weighted by Gasteiger charge is -2.13. The summed E-state index contributed by atoms with van der Waals surface area (Å²) in [5.41, 5.74) is 3.02. The van der Waals surface area contributed by atoms with Crippen LogP contribution in [-0.2, 0) is 22.5 Å². The third-order valence-corrected chi connectivity index (χ3v) is 7.99. The van der Waals surface area contributed by atoms with E-state index in [0.29, 0.717) is 41.5 Å². The molecule has 0 unspecified atom stereocenters. The molecule has 18 nitrogen and oxygen atoms in total. The molecule has 0 saturated heterocycles. The first-order chi connectivity index (χ1) is 25.9. The van der Waals surface area contributed by atoms with Crippen molar-refractivity contribution in [3.63, 3.8) is 0 Å². The van der Waals surface area contributed by atoms with Crippen LogP contribution in [0.15, 0.2) is 106 Å². The minimum atomic E-state index is -0.598. The molecule has 2 N–H and O–H groups in total. The maximum Gasteiger partial charge on any atom is 0.277 e. The van der Waals surface area contributed by atoms with Crippen LogP contribution in [-0.4, -0.2) is 68.0 Å². The molecule has 0 aliphatic carbocycles. The molecule has 266 valence electrons. The predicted octanol–water partition coefficient (Wildman–Crippen LogP) is 5.10. The van der Waals surface area contributed by atoms with Gasteiger partial charge in [0.2, 0.25) is 41.2 Å². The number of hydrogen-bond donors (Lipinski definition) is 2. The summed E-state index contributed by atoms with van der Waals surface area (Å²) in [7, 11) is 3.90. The van der Waals surface area contributed by atoms with E-state index in [1.54, 1.807) is 0 Å². The van der Waals surface area contributed by atoms with Gasteiger partial charge in [0.25, 0.3) is 5.91 Å². The number of benzene rings is 1. The number of oxazole rings is 6. The second-order valence-corrected chi connectivity index (χ2v) is 12.0. The fourth-order valence-corrected chi connectivity index (χ4v) is 5.33. The van der Waals surface area contributed by atoms with E-state index in [9.17, 15) is 4.79 Å². The highest BCUT2D eigenvalue weighted by atomic mass is 16.5. The van der Waals surface area contributed by atoms with Crippen LogP contribution in [0.1, 0.15) is 27.7 Å². The quantitative estimate of drug-likeness (QED) is 0.219. The van der Waals surface area contributed by atoms with Gasteiger partial charge in [-0.3, -0.25) is 4.79 Å². The van der Waals surface area contributed by atoms with Gasteiger partial charge in [-0.1, -0.05) is 30.3 Å². The van der Waals surface area contributed by atoms with Gasteiger partial charge < -0.3 is 51.5 Å². The molecule has 18 heteroatoms. The largest absolute Gasteiger partial charge is 0.444 e. The number of carbonyl (C=O) groups is 1. The Morgan fingerprint density at radius 1 is 0.660 bits per heavy atom. The minimum absolute atomic E-state index is 0.0372. The molecule has 2 aliphatic rings. The summed E-state index contributed by atoms with van der Waals surface area (Å²) in [6, 6.07) is 9.59. The Morgan fingerprint density at radius 2 is 1.25 bits per heavy atom. The van der Waals surface area contributed by atoms with E-state index < -0.39 is 5.91 Å². The molecule has 53 heavy (non-hydrogen) atoms. The number of nitrogens with one attached hydrogen (secondary N) is 2. The van der Waals surface area contributed by atoms with Gasteiger partial charge in [0.1, 0.15) is 54.7 Å². The van der Waals surface area contributed by atoms with E-state index in [0.717, 1.165) is 5.56 Å². The number of rotatable bonds is 7. The van der Waals surface area contributed by atoms with Crippen LogP contribution in [0.2, 0.25) is 0 Å². The summed E-state index contributed by atoms with van der Waals surface area (Å²) in [5.74, 6) is 0.938. The monoisotopic (exact) mass is 717 g/mol. The Kier molecular flexibility index (Phi) is 7.97. The zero-order valence-corrected chi connectivity index (χ0v) is 28.0. The van der Waals surface area contributed by atoms with Crippen molar-refractivity contribution in [3.05, 3.63) is 102 Å². The van der Waals surface area contributed by atoms with Gasteiger partial charge in [-0.15, -0.1) is 0 Å². The highest BCUT2D eigenvalue weighted by molar-refractivity contribution is 5.93. The number of aromatic nitrogens is 6. The lowest BCUT2D eigenvalue weighted by atomic mass is 10.2. The first-order valence-electron chi connectivity index (χ1n) is 16.2. The molecular weight excluding hydrogens is 690 g/mol. The second-order valence-electron chi connectivity index (χ2n) is 12.0. The van der Waals surface area contributed by atoms with Crippen molar-refractivity contribution in [2.24, 2.45) is 0 Å². The van der Waals surface area contributed by atoms with E-state index in [1.807, 2.05) is 49.3 Å². The topological polar surface area (TPSA) is 219 Å².